The number of hydrogen-bond acceptors (Lipinski definition) is 3. The molecule has 1 saturated heterocycles. The molecule has 0 aliphatic carbocycles. The van der Waals surface area contributed by atoms with Crippen LogP contribution in [0.2, 0.25) is 0 Å². The number of hydrogen-bond donors (Lipinski definition) is 1. The van der Waals surface area contributed by atoms with E-state index in [-0.39, 0.29) is 4.75 Å². The van der Waals surface area contributed by atoms with Gasteiger partial charge >= 0.3 is 0 Å². The topological polar surface area (TPSA) is 40.5 Å². The highest BCUT2D eigenvalue weighted by molar-refractivity contribution is 9.10. The zero-order valence-corrected chi connectivity index (χ0v) is 13.7. The fourth-order valence-electron chi connectivity index (χ4n) is 2.40. The molecule has 0 bridgehead atoms. The van der Waals surface area contributed by atoms with Crippen LogP contribution in [0.15, 0.2) is 28.7 Å². The van der Waals surface area contributed by atoms with Crippen LogP contribution < -0.4 is 0 Å². The minimum atomic E-state index is -0.765. The zero-order valence-electron chi connectivity index (χ0n) is 11.3. The van der Waals surface area contributed by atoms with Crippen LogP contribution >= 0.6 is 15.9 Å². The quantitative estimate of drug-likeness (QED) is 0.913. The molecule has 0 aromatic heterocycles. The molecule has 2 atom stereocenters. The van der Waals surface area contributed by atoms with Gasteiger partial charge in [0.2, 0.25) is 0 Å². The molecule has 0 amide bonds. The number of nitrogens with zero attached hydrogens (tertiary/aromatic N) is 1. The Bertz CT molecular complexity index is 478. The standard InChI is InChI=1S/C14H20BrNO2S/c1-14(2)10-16(6-7-19(14)18)9-13(17)11-4-3-5-12(15)8-11/h3-5,8,13,17H,6-7,9-10H2,1-2H3. The van der Waals surface area contributed by atoms with Gasteiger partial charge in [0.1, 0.15) is 0 Å². The number of halogens is 1. The van der Waals surface area contributed by atoms with Crippen molar-refractivity contribution in [2.45, 2.75) is 24.7 Å². The van der Waals surface area contributed by atoms with Gasteiger partial charge < -0.3 is 5.11 Å². The summed E-state index contributed by atoms with van der Waals surface area (Å²) in [6.45, 7) is 6.21. The number of aliphatic hydroxyl groups is 1. The maximum Gasteiger partial charge on any atom is 0.0917 e. The van der Waals surface area contributed by atoms with Gasteiger partial charge in [-0.25, -0.2) is 0 Å². The average Bonchev–Trinajstić information content (AvgIpc) is 2.33. The molecule has 0 spiro atoms. The Morgan fingerprint density at radius 3 is 2.89 bits per heavy atom. The van der Waals surface area contributed by atoms with E-state index >= 15 is 0 Å². The van der Waals surface area contributed by atoms with Gasteiger partial charge in [-0.05, 0) is 31.5 Å². The van der Waals surface area contributed by atoms with E-state index in [0.717, 1.165) is 23.1 Å². The summed E-state index contributed by atoms with van der Waals surface area (Å²) in [4.78, 5) is 2.20. The molecule has 1 aliphatic rings. The highest BCUT2D eigenvalue weighted by Gasteiger charge is 2.33. The predicted octanol–water partition coefficient (Wildman–Crippen LogP) is 2.33. The van der Waals surface area contributed by atoms with Crippen LogP contribution in [0.4, 0.5) is 0 Å². The van der Waals surface area contributed by atoms with E-state index < -0.39 is 16.9 Å². The fraction of sp³-hybridized carbons (Fsp3) is 0.571. The molecule has 0 radical (unpaired) electrons. The summed E-state index contributed by atoms with van der Waals surface area (Å²) in [7, 11) is -0.765. The molecule has 1 heterocycles. The van der Waals surface area contributed by atoms with Gasteiger partial charge in [-0.3, -0.25) is 9.11 Å². The molecule has 5 heteroatoms. The van der Waals surface area contributed by atoms with Gasteiger partial charge in [0.05, 0.1) is 10.9 Å². The van der Waals surface area contributed by atoms with E-state index in [9.17, 15) is 9.32 Å². The summed E-state index contributed by atoms with van der Waals surface area (Å²) in [6.07, 6.45) is -0.500. The van der Waals surface area contributed by atoms with E-state index in [1.54, 1.807) is 0 Å². The lowest BCUT2D eigenvalue weighted by atomic mass is 10.1. The molecule has 1 N–H and O–H groups in total. The second kappa shape index (κ2) is 6.04. The van der Waals surface area contributed by atoms with Crippen molar-refractivity contribution in [3.63, 3.8) is 0 Å². The van der Waals surface area contributed by atoms with E-state index in [1.165, 1.54) is 0 Å². The molecule has 3 nitrogen and oxygen atoms in total. The summed E-state index contributed by atoms with van der Waals surface area (Å²) in [5, 5.41) is 10.3. The first kappa shape index (κ1) is 15.2. The summed E-state index contributed by atoms with van der Waals surface area (Å²) in [5.41, 5.74) is 0.916. The lowest BCUT2D eigenvalue weighted by Crippen LogP contribution is -2.50. The first-order valence-electron chi connectivity index (χ1n) is 6.43. The highest BCUT2D eigenvalue weighted by Crippen LogP contribution is 2.24. The van der Waals surface area contributed by atoms with Crippen molar-refractivity contribution in [3.05, 3.63) is 34.3 Å². The van der Waals surface area contributed by atoms with Crippen LogP contribution in [0, 0.1) is 0 Å². The molecule has 1 aromatic rings. The summed E-state index contributed by atoms with van der Waals surface area (Å²) in [6, 6.07) is 7.75. The van der Waals surface area contributed by atoms with Gasteiger partial charge in [-0.15, -0.1) is 0 Å². The molecule has 19 heavy (non-hydrogen) atoms. The average molecular weight is 346 g/mol. The smallest absolute Gasteiger partial charge is 0.0917 e. The van der Waals surface area contributed by atoms with Crippen molar-refractivity contribution in [1.82, 2.24) is 4.90 Å². The number of β-amino-alcohol motifs (C(OH)–C–C–N with tert-alkyl or cyclic N) is 1. The van der Waals surface area contributed by atoms with Gasteiger partial charge in [0.25, 0.3) is 0 Å². The van der Waals surface area contributed by atoms with Crippen LogP contribution in [-0.4, -0.2) is 44.3 Å². The van der Waals surface area contributed by atoms with Crippen LogP contribution in [0.3, 0.4) is 0 Å². The number of rotatable bonds is 3. The third-order valence-corrected chi connectivity index (χ3v) is 5.89. The zero-order chi connectivity index (χ0) is 14.0. The van der Waals surface area contributed by atoms with Crippen molar-refractivity contribution in [2.75, 3.05) is 25.4 Å². The van der Waals surface area contributed by atoms with E-state index in [1.807, 2.05) is 38.1 Å². The summed E-state index contributed by atoms with van der Waals surface area (Å²) >= 11 is 3.42. The maximum absolute atomic E-state index is 11.9. The normalized spacial score (nSPS) is 25.2. The van der Waals surface area contributed by atoms with Crippen molar-refractivity contribution in [3.8, 4) is 0 Å². The second-order valence-electron chi connectivity index (χ2n) is 5.62. The molecule has 1 aromatic carbocycles. The summed E-state index contributed by atoms with van der Waals surface area (Å²) < 4.78 is 12.7. The minimum absolute atomic E-state index is 0.185. The molecule has 1 aliphatic heterocycles. The third-order valence-electron chi connectivity index (χ3n) is 3.48. The Morgan fingerprint density at radius 1 is 1.53 bits per heavy atom. The predicted molar refractivity (Wildman–Crippen MR) is 82.6 cm³/mol. The maximum atomic E-state index is 11.9. The SMILES string of the molecule is CC1(C)CN(CC(O)c2cccc(Br)c2)CCS1=O. The van der Waals surface area contributed by atoms with Gasteiger partial charge in [0.15, 0.2) is 0 Å². The first-order chi connectivity index (χ1) is 8.88. The molecule has 1 fully saturated rings. The Balaban J connectivity index is 2.00. The van der Waals surface area contributed by atoms with Crippen molar-refractivity contribution < 1.29 is 9.32 Å². The lowest BCUT2D eigenvalue weighted by molar-refractivity contribution is 0.109. The number of aliphatic hydroxyl groups excluding tert-OH is 1. The molecule has 2 rings (SSSR count). The Morgan fingerprint density at radius 2 is 2.26 bits per heavy atom. The third kappa shape index (κ3) is 3.88. The fourth-order valence-corrected chi connectivity index (χ4v) is 4.12. The van der Waals surface area contributed by atoms with Gasteiger partial charge in [-0.2, -0.15) is 0 Å². The van der Waals surface area contributed by atoms with Crippen molar-refractivity contribution in [1.29, 1.82) is 0 Å². The molecule has 106 valence electrons. The second-order valence-corrected chi connectivity index (χ2v) is 8.74. The van der Waals surface area contributed by atoms with Crippen LogP contribution in [0.1, 0.15) is 25.5 Å². The van der Waals surface area contributed by atoms with Crippen LogP contribution in [0.5, 0.6) is 0 Å². The summed E-state index contributed by atoms with van der Waals surface area (Å²) in [5.74, 6) is 0.693. The minimum Gasteiger partial charge on any atom is -0.387 e. The van der Waals surface area contributed by atoms with Gasteiger partial charge in [-0.1, -0.05) is 28.1 Å². The van der Waals surface area contributed by atoms with Gasteiger partial charge in [0, 0.05) is 40.7 Å². The Hall–Kier alpha value is -0.230. The monoisotopic (exact) mass is 345 g/mol. The largest absolute Gasteiger partial charge is 0.387 e. The molecular formula is C14H20BrNO2S. The first-order valence-corrected chi connectivity index (χ1v) is 8.54. The Labute approximate surface area is 125 Å². The molecule has 0 saturated carbocycles. The lowest BCUT2D eigenvalue weighted by Gasteiger charge is -2.38. The van der Waals surface area contributed by atoms with Crippen molar-refractivity contribution >= 4 is 26.7 Å². The van der Waals surface area contributed by atoms with E-state index in [0.29, 0.717) is 12.3 Å². The highest BCUT2D eigenvalue weighted by atomic mass is 79.9. The molecule has 2 unspecified atom stereocenters. The van der Waals surface area contributed by atoms with Crippen LogP contribution in [0.25, 0.3) is 0 Å². The van der Waals surface area contributed by atoms with Crippen LogP contribution in [-0.2, 0) is 10.8 Å². The van der Waals surface area contributed by atoms with Crippen molar-refractivity contribution in [2.24, 2.45) is 0 Å². The van der Waals surface area contributed by atoms with E-state index in [2.05, 4.69) is 20.8 Å². The van der Waals surface area contributed by atoms with E-state index in [4.69, 9.17) is 0 Å². The molecular weight excluding hydrogens is 326 g/mol. The Kier molecular flexibility index (Phi) is 4.82. The number of benzene rings is 1.